The quantitative estimate of drug-likeness (QED) is 0.310. The number of nitro benzene ring substituents is 1. The highest BCUT2D eigenvalue weighted by Crippen LogP contribution is 2.31. The number of aromatic nitrogens is 3. The van der Waals surface area contributed by atoms with Crippen molar-refractivity contribution in [2.24, 2.45) is 0 Å². The molecule has 162 valence electrons. The van der Waals surface area contributed by atoms with Gasteiger partial charge in [-0.25, -0.2) is 4.98 Å². The third kappa shape index (κ3) is 4.69. The van der Waals surface area contributed by atoms with Crippen LogP contribution >= 0.6 is 23.1 Å². The van der Waals surface area contributed by atoms with Gasteiger partial charge in [0.05, 0.1) is 21.4 Å². The van der Waals surface area contributed by atoms with Gasteiger partial charge in [0.15, 0.2) is 0 Å². The van der Waals surface area contributed by atoms with Crippen LogP contribution in [0.25, 0.3) is 10.8 Å². The lowest BCUT2D eigenvalue weighted by Gasteiger charge is -2.35. The molecule has 0 saturated carbocycles. The van der Waals surface area contributed by atoms with E-state index in [2.05, 4.69) is 15.2 Å². The minimum atomic E-state index is -0.378. The Bertz CT molecular complexity index is 1110. The summed E-state index contributed by atoms with van der Waals surface area (Å²) in [6.07, 6.45) is 0. The molecule has 0 spiro atoms. The molecule has 3 heterocycles. The van der Waals surface area contributed by atoms with E-state index < -0.39 is 0 Å². The summed E-state index contributed by atoms with van der Waals surface area (Å²) in [5, 5.41) is 20.6. The maximum absolute atomic E-state index is 12.6. The van der Waals surface area contributed by atoms with Crippen LogP contribution in [0.1, 0.15) is 10.7 Å². The monoisotopic (exact) mass is 460 g/mol. The van der Waals surface area contributed by atoms with Gasteiger partial charge in [-0.05, 0) is 19.9 Å². The van der Waals surface area contributed by atoms with Crippen LogP contribution in [-0.2, 0) is 4.79 Å². The molecule has 1 amide bonds. The molecular formula is C19H20N6O4S2. The fourth-order valence-corrected chi connectivity index (χ4v) is 4.89. The van der Waals surface area contributed by atoms with Gasteiger partial charge < -0.3 is 14.2 Å². The molecule has 1 aromatic carbocycles. The van der Waals surface area contributed by atoms with Crippen LogP contribution in [0.15, 0.2) is 33.9 Å². The van der Waals surface area contributed by atoms with E-state index in [0.29, 0.717) is 43.0 Å². The van der Waals surface area contributed by atoms with Gasteiger partial charge in [-0.15, -0.1) is 21.5 Å². The largest absolute Gasteiger partial charge is 0.410 e. The highest BCUT2D eigenvalue weighted by molar-refractivity contribution is 7.99. The number of thiazole rings is 1. The summed E-state index contributed by atoms with van der Waals surface area (Å²) in [7, 11) is 0. The number of thioether (sulfide) groups is 1. The summed E-state index contributed by atoms with van der Waals surface area (Å²) in [6, 6.07) is 6.67. The van der Waals surface area contributed by atoms with Crippen molar-refractivity contribution in [2.45, 2.75) is 19.1 Å². The van der Waals surface area contributed by atoms with Gasteiger partial charge >= 0.3 is 0 Å². The van der Waals surface area contributed by atoms with Crippen LogP contribution in [0.4, 0.5) is 11.4 Å². The Morgan fingerprint density at radius 2 is 1.97 bits per heavy atom. The van der Waals surface area contributed by atoms with Gasteiger partial charge in [-0.2, -0.15) is 0 Å². The number of hydrogen-bond acceptors (Lipinski definition) is 10. The first kappa shape index (κ1) is 21.2. The Balaban J connectivity index is 1.31. The molecular weight excluding hydrogens is 440 g/mol. The minimum absolute atomic E-state index is 0.0308. The predicted molar refractivity (Wildman–Crippen MR) is 117 cm³/mol. The summed E-state index contributed by atoms with van der Waals surface area (Å²) >= 11 is 2.69. The molecule has 10 nitrogen and oxygen atoms in total. The molecule has 1 fully saturated rings. The van der Waals surface area contributed by atoms with Crippen LogP contribution < -0.4 is 4.90 Å². The first-order chi connectivity index (χ1) is 14.9. The average molecular weight is 461 g/mol. The van der Waals surface area contributed by atoms with Crippen molar-refractivity contribution in [1.29, 1.82) is 0 Å². The zero-order chi connectivity index (χ0) is 22.0. The number of aryl methyl sites for hydroxylation is 2. The number of para-hydroxylation sites is 2. The molecule has 1 aliphatic rings. The van der Waals surface area contributed by atoms with Crippen LogP contribution in [0.5, 0.6) is 0 Å². The first-order valence-electron chi connectivity index (χ1n) is 9.59. The fourth-order valence-electron chi connectivity index (χ4n) is 3.39. The Labute approximate surface area is 186 Å². The molecule has 0 N–H and O–H groups in total. The summed E-state index contributed by atoms with van der Waals surface area (Å²) in [6.45, 7) is 5.89. The van der Waals surface area contributed by atoms with Gasteiger partial charge in [0.1, 0.15) is 10.6 Å². The topological polar surface area (TPSA) is 119 Å². The SMILES string of the molecule is Cc1nc(C)c(-c2nnc(SCC(=O)N3CCN(c4ccccc4[N+](=O)[O-])CC3)o2)s1. The van der Waals surface area contributed by atoms with Crippen molar-refractivity contribution in [3.8, 4) is 10.8 Å². The summed E-state index contributed by atoms with van der Waals surface area (Å²) < 4.78 is 5.68. The Kier molecular flexibility index (Phi) is 6.18. The van der Waals surface area contributed by atoms with Gasteiger partial charge in [0.25, 0.3) is 16.8 Å². The molecule has 1 saturated heterocycles. The number of nitro groups is 1. The summed E-state index contributed by atoms with van der Waals surface area (Å²) in [4.78, 5) is 32.4. The molecule has 0 bridgehead atoms. The Morgan fingerprint density at radius 1 is 1.23 bits per heavy atom. The average Bonchev–Trinajstić information content (AvgIpc) is 3.37. The van der Waals surface area contributed by atoms with Gasteiger partial charge in [0.2, 0.25) is 5.91 Å². The van der Waals surface area contributed by atoms with E-state index in [1.54, 1.807) is 23.1 Å². The maximum atomic E-state index is 12.6. The van der Waals surface area contributed by atoms with E-state index in [4.69, 9.17) is 4.42 Å². The van der Waals surface area contributed by atoms with Crippen molar-refractivity contribution < 1.29 is 14.1 Å². The minimum Gasteiger partial charge on any atom is -0.410 e. The Morgan fingerprint density at radius 3 is 2.65 bits per heavy atom. The number of piperazine rings is 1. The molecule has 4 rings (SSSR count). The molecule has 2 aromatic heterocycles. The van der Waals surface area contributed by atoms with Crippen molar-refractivity contribution >= 4 is 40.4 Å². The first-order valence-corrected chi connectivity index (χ1v) is 11.4. The molecule has 0 aliphatic carbocycles. The number of hydrogen-bond donors (Lipinski definition) is 0. The molecule has 3 aromatic rings. The summed E-state index contributed by atoms with van der Waals surface area (Å²) in [5.41, 5.74) is 1.51. The second-order valence-corrected chi connectivity index (χ2v) is 9.05. The van der Waals surface area contributed by atoms with E-state index in [1.165, 1.54) is 29.2 Å². The second kappa shape index (κ2) is 9.02. The predicted octanol–water partition coefficient (Wildman–Crippen LogP) is 3.16. The molecule has 1 aliphatic heterocycles. The zero-order valence-corrected chi connectivity index (χ0v) is 18.6. The third-order valence-corrected chi connectivity index (χ3v) is 6.74. The molecule has 0 atom stereocenters. The van der Waals surface area contributed by atoms with Crippen molar-refractivity contribution in [3.63, 3.8) is 0 Å². The Hall–Kier alpha value is -2.99. The van der Waals surface area contributed by atoms with E-state index in [-0.39, 0.29) is 22.3 Å². The smallest absolute Gasteiger partial charge is 0.292 e. The number of carbonyl (C=O) groups excluding carboxylic acids is 1. The highest BCUT2D eigenvalue weighted by atomic mass is 32.2. The lowest BCUT2D eigenvalue weighted by molar-refractivity contribution is -0.384. The second-order valence-electron chi connectivity index (χ2n) is 6.92. The lowest BCUT2D eigenvalue weighted by atomic mass is 10.2. The number of benzene rings is 1. The van der Waals surface area contributed by atoms with Crippen LogP contribution in [0.3, 0.4) is 0 Å². The van der Waals surface area contributed by atoms with Gasteiger partial charge in [-0.1, -0.05) is 23.9 Å². The van der Waals surface area contributed by atoms with Crippen molar-refractivity contribution in [3.05, 3.63) is 45.1 Å². The van der Waals surface area contributed by atoms with E-state index >= 15 is 0 Å². The van der Waals surface area contributed by atoms with E-state index in [1.807, 2.05) is 18.7 Å². The van der Waals surface area contributed by atoms with Crippen molar-refractivity contribution in [2.75, 3.05) is 36.8 Å². The standard InChI is InChI=1S/C19H20N6O4S2/c1-12-17(31-13(2)20-12)18-21-22-19(29-18)30-11-16(26)24-9-7-23(8-10-24)14-5-3-4-6-15(14)25(27)28/h3-6H,7-11H2,1-2H3. The van der Waals surface area contributed by atoms with E-state index in [0.717, 1.165) is 15.6 Å². The number of amides is 1. The molecule has 12 heteroatoms. The molecule has 0 radical (unpaired) electrons. The molecule has 31 heavy (non-hydrogen) atoms. The van der Waals surface area contributed by atoms with Crippen LogP contribution in [0.2, 0.25) is 0 Å². The summed E-state index contributed by atoms with van der Waals surface area (Å²) in [5.74, 6) is 0.571. The van der Waals surface area contributed by atoms with Gasteiger partial charge in [-0.3, -0.25) is 14.9 Å². The maximum Gasteiger partial charge on any atom is 0.292 e. The van der Waals surface area contributed by atoms with Crippen LogP contribution in [0, 0.1) is 24.0 Å². The number of anilines is 1. The van der Waals surface area contributed by atoms with Crippen LogP contribution in [-0.4, -0.2) is 62.8 Å². The third-order valence-electron chi connectivity index (χ3n) is 4.87. The van der Waals surface area contributed by atoms with Gasteiger partial charge in [0, 0.05) is 32.2 Å². The van der Waals surface area contributed by atoms with Crippen molar-refractivity contribution in [1.82, 2.24) is 20.1 Å². The highest BCUT2D eigenvalue weighted by Gasteiger charge is 2.26. The lowest BCUT2D eigenvalue weighted by Crippen LogP contribution is -2.49. The normalized spacial score (nSPS) is 14.1. The number of nitrogens with zero attached hydrogens (tertiary/aromatic N) is 6. The number of carbonyl (C=O) groups is 1. The molecule has 0 unspecified atom stereocenters. The fraction of sp³-hybridized carbons (Fsp3) is 0.368. The number of rotatable bonds is 6. The van der Waals surface area contributed by atoms with E-state index in [9.17, 15) is 14.9 Å². The zero-order valence-electron chi connectivity index (χ0n) is 17.0.